The summed E-state index contributed by atoms with van der Waals surface area (Å²) in [6.07, 6.45) is 1.91. The zero-order chi connectivity index (χ0) is 13.3. The van der Waals surface area contributed by atoms with Crippen molar-refractivity contribution in [1.29, 1.82) is 0 Å². The molecule has 1 aliphatic rings. The molecule has 0 aromatic heterocycles. The minimum Gasteiger partial charge on any atom is -0.383 e. The van der Waals surface area contributed by atoms with Gasteiger partial charge in [-0.15, -0.1) is 0 Å². The Morgan fingerprint density at radius 2 is 2.11 bits per heavy atom. The summed E-state index contributed by atoms with van der Waals surface area (Å²) < 4.78 is 0. The second-order valence-corrected chi connectivity index (χ2v) is 4.75. The molecule has 2 rings (SSSR count). The number of hydrogen-bond acceptors (Lipinski definition) is 4. The quantitative estimate of drug-likeness (QED) is 0.630. The van der Waals surface area contributed by atoms with Gasteiger partial charge in [0.2, 0.25) is 0 Å². The number of carbonyl (C=O) groups excluding carboxylic acids is 1. The lowest BCUT2D eigenvalue weighted by Crippen LogP contribution is -2.34. The van der Waals surface area contributed by atoms with Crippen LogP contribution in [0.5, 0.6) is 0 Å². The van der Waals surface area contributed by atoms with Crippen LogP contribution >= 0.6 is 0 Å². The van der Waals surface area contributed by atoms with Crippen molar-refractivity contribution in [2.24, 2.45) is 0 Å². The van der Waals surface area contributed by atoms with E-state index in [0.717, 1.165) is 12.8 Å². The largest absolute Gasteiger partial charge is 0.383 e. The van der Waals surface area contributed by atoms with Gasteiger partial charge in [0.25, 0.3) is 11.6 Å². The molecule has 18 heavy (non-hydrogen) atoms. The molecular weight excluding hydrogens is 234 g/mol. The van der Waals surface area contributed by atoms with Crippen LogP contribution < -0.4 is 10.6 Å². The van der Waals surface area contributed by atoms with Crippen LogP contribution in [0.25, 0.3) is 0 Å². The molecule has 1 aliphatic carbocycles. The van der Waals surface area contributed by atoms with Gasteiger partial charge in [-0.1, -0.05) is 0 Å². The summed E-state index contributed by atoms with van der Waals surface area (Å²) in [5.74, 6) is -0.263. The van der Waals surface area contributed by atoms with Crippen LogP contribution in [0.1, 0.15) is 30.1 Å². The van der Waals surface area contributed by atoms with Crippen molar-refractivity contribution in [1.82, 2.24) is 5.32 Å². The third kappa shape index (κ3) is 2.42. The maximum Gasteiger partial charge on any atom is 0.293 e. The number of nitrogens with zero attached hydrogens (tertiary/aromatic N) is 1. The molecule has 96 valence electrons. The van der Waals surface area contributed by atoms with Gasteiger partial charge >= 0.3 is 0 Å². The van der Waals surface area contributed by atoms with Crippen LogP contribution in [0, 0.1) is 10.1 Å². The Morgan fingerprint density at radius 3 is 2.61 bits per heavy atom. The van der Waals surface area contributed by atoms with Gasteiger partial charge in [0.05, 0.1) is 4.92 Å². The van der Waals surface area contributed by atoms with Crippen LogP contribution in [0.15, 0.2) is 18.2 Å². The number of carbonyl (C=O) groups is 1. The predicted octanol–water partition coefficient (Wildman–Crippen LogP) is 1.92. The average molecular weight is 249 g/mol. The van der Waals surface area contributed by atoms with Gasteiger partial charge in [0.1, 0.15) is 5.69 Å². The third-order valence-corrected chi connectivity index (χ3v) is 3.14. The fourth-order valence-electron chi connectivity index (χ4n) is 1.69. The first-order valence-corrected chi connectivity index (χ1v) is 5.74. The first-order valence-electron chi connectivity index (χ1n) is 5.74. The Bertz CT molecular complexity index is 509. The molecule has 0 unspecified atom stereocenters. The summed E-state index contributed by atoms with van der Waals surface area (Å²) in [6.45, 7) is 1.96. The lowest BCUT2D eigenvalue weighted by molar-refractivity contribution is -0.384. The maximum absolute atomic E-state index is 11.9. The lowest BCUT2D eigenvalue weighted by atomic mass is 10.1. The molecular formula is C12H15N3O3. The Hall–Kier alpha value is -2.11. The van der Waals surface area contributed by atoms with E-state index in [1.807, 2.05) is 6.92 Å². The average Bonchev–Trinajstić information content (AvgIpc) is 3.05. The molecule has 6 nitrogen and oxygen atoms in total. The summed E-state index contributed by atoms with van der Waals surface area (Å²) in [6, 6.07) is 4.43. The Kier molecular flexibility index (Phi) is 2.94. The summed E-state index contributed by atoms with van der Waals surface area (Å²) in [5, 5.41) is 16.5. The Morgan fingerprint density at radius 1 is 1.44 bits per heavy atom. The van der Waals surface area contributed by atoms with Crippen LogP contribution in [0.3, 0.4) is 0 Å². The van der Waals surface area contributed by atoms with Crippen molar-refractivity contribution in [3.8, 4) is 0 Å². The van der Waals surface area contributed by atoms with E-state index in [2.05, 4.69) is 10.6 Å². The summed E-state index contributed by atoms with van der Waals surface area (Å²) in [7, 11) is 1.60. The van der Waals surface area contributed by atoms with Gasteiger partial charge in [0.15, 0.2) is 0 Å². The van der Waals surface area contributed by atoms with Gasteiger partial charge in [-0.3, -0.25) is 14.9 Å². The first-order chi connectivity index (χ1) is 8.45. The Balaban J connectivity index is 2.25. The monoisotopic (exact) mass is 249 g/mol. The molecule has 0 atom stereocenters. The maximum atomic E-state index is 11.9. The number of amides is 1. The number of nitrogens with one attached hydrogen (secondary N) is 2. The molecule has 2 N–H and O–H groups in total. The predicted molar refractivity (Wildman–Crippen MR) is 67.7 cm³/mol. The smallest absolute Gasteiger partial charge is 0.293 e. The van der Waals surface area contributed by atoms with E-state index < -0.39 is 4.92 Å². The highest BCUT2D eigenvalue weighted by molar-refractivity contribution is 5.96. The van der Waals surface area contributed by atoms with E-state index in [9.17, 15) is 14.9 Å². The minimum absolute atomic E-state index is 0.0916. The number of nitro groups is 1. The van der Waals surface area contributed by atoms with E-state index in [0.29, 0.717) is 11.3 Å². The number of nitro benzene ring substituents is 1. The van der Waals surface area contributed by atoms with Crippen molar-refractivity contribution in [3.63, 3.8) is 0 Å². The van der Waals surface area contributed by atoms with E-state index in [1.165, 1.54) is 6.07 Å². The number of anilines is 1. The van der Waals surface area contributed by atoms with Crippen molar-refractivity contribution < 1.29 is 9.72 Å². The van der Waals surface area contributed by atoms with Crippen molar-refractivity contribution >= 4 is 17.3 Å². The molecule has 1 amide bonds. The molecule has 6 heteroatoms. The van der Waals surface area contributed by atoms with Crippen LogP contribution in [-0.4, -0.2) is 23.4 Å². The summed E-state index contributed by atoms with van der Waals surface area (Å²) >= 11 is 0. The van der Waals surface area contributed by atoms with Crippen molar-refractivity contribution in [3.05, 3.63) is 33.9 Å². The van der Waals surface area contributed by atoms with E-state index in [4.69, 9.17) is 0 Å². The lowest BCUT2D eigenvalue weighted by Gasteiger charge is -2.11. The van der Waals surface area contributed by atoms with Gasteiger partial charge in [0, 0.05) is 24.2 Å². The van der Waals surface area contributed by atoms with Crippen molar-refractivity contribution in [2.75, 3.05) is 12.4 Å². The number of hydrogen-bond donors (Lipinski definition) is 2. The van der Waals surface area contributed by atoms with E-state index in [1.54, 1.807) is 19.2 Å². The highest BCUT2D eigenvalue weighted by atomic mass is 16.6. The molecule has 0 saturated heterocycles. The first kappa shape index (κ1) is 12.3. The SMILES string of the molecule is CNc1ccc(C(=O)NC2(C)CC2)cc1[N+](=O)[O-]. The van der Waals surface area contributed by atoms with Crippen LogP contribution in [0.4, 0.5) is 11.4 Å². The molecule has 1 fully saturated rings. The fourth-order valence-corrected chi connectivity index (χ4v) is 1.69. The molecule has 0 bridgehead atoms. The number of benzene rings is 1. The normalized spacial score (nSPS) is 15.9. The topological polar surface area (TPSA) is 84.3 Å². The van der Waals surface area contributed by atoms with Crippen LogP contribution in [0.2, 0.25) is 0 Å². The van der Waals surface area contributed by atoms with Gasteiger partial charge in [-0.25, -0.2) is 0 Å². The molecule has 1 aromatic rings. The zero-order valence-electron chi connectivity index (χ0n) is 10.3. The van der Waals surface area contributed by atoms with Gasteiger partial charge < -0.3 is 10.6 Å². The Labute approximate surface area is 105 Å². The van der Waals surface area contributed by atoms with Gasteiger partial charge in [-0.05, 0) is 31.9 Å². The molecule has 1 saturated carbocycles. The minimum atomic E-state index is -0.499. The summed E-state index contributed by atoms with van der Waals surface area (Å²) in [4.78, 5) is 22.3. The summed E-state index contributed by atoms with van der Waals surface area (Å²) in [5.41, 5.74) is 0.488. The highest BCUT2D eigenvalue weighted by Gasteiger charge is 2.39. The van der Waals surface area contributed by atoms with Crippen LogP contribution in [-0.2, 0) is 0 Å². The standard InChI is InChI=1S/C12H15N3O3/c1-12(5-6-12)14-11(16)8-3-4-9(13-2)10(7-8)15(17)18/h3-4,7,13H,5-6H2,1-2H3,(H,14,16). The fraction of sp³-hybridized carbons (Fsp3) is 0.417. The second-order valence-electron chi connectivity index (χ2n) is 4.75. The second kappa shape index (κ2) is 4.29. The molecule has 0 aliphatic heterocycles. The molecule has 0 spiro atoms. The zero-order valence-corrected chi connectivity index (χ0v) is 10.3. The van der Waals surface area contributed by atoms with Gasteiger partial charge in [-0.2, -0.15) is 0 Å². The van der Waals surface area contributed by atoms with Crippen molar-refractivity contribution in [2.45, 2.75) is 25.3 Å². The molecule has 0 radical (unpaired) electrons. The molecule has 1 aromatic carbocycles. The van der Waals surface area contributed by atoms with E-state index in [-0.39, 0.29) is 17.1 Å². The third-order valence-electron chi connectivity index (χ3n) is 3.14. The molecule has 0 heterocycles. The van der Waals surface area contributed by atoms with E-state index >= 15 is 0 Å². The highest BCUT2D eigenvalue weighted by Crippen LogP contribution is 2.35. The number of rotatable bonds is 4.